The summed E-state index contributed by atoms with van der Waals surface area (Å²) in [6.07, 6.45) is 4.73. The van der Waals surface area contributed by atoms with Crippen LogP contribution in [0.5, 0.6) is 5.75 Å². The van der Waals surface area contributed by atoms with Crippen LogP contribution < -0.4 is 15.4 Å². The number of rotatable bonds is 7. The first kappa shape index (κ1) is 22.3. The molecule has 3 unspecified atom stereocenters. The van der Waals surface area contributed by atoms with Gasteiger partial charge in [0.2, 0.25) is 5.91 Å². The lowest BCUT2D eigenvalue weighted by molar-refractivity contribution is -0.131. The Kier molecular flexibility index (Phi) is 7.10. The highest BCUT2D eigenvalue weighted by Crippen LogP contribution is 2.27. The van der Waals surface area contributed by atoms with E-state index in [1.807, 2.05) is 60.4 Å². The van der Waals surface area contributed by atoms with Crippen LogP contribution >= 0.6 is 0 Å². The molecule has 6 nitrogen and oxygen atoms in total. The van der Waals surface area contributed by atoms with Gasteiger partial charge in [0.1, 0.15) is 5.75 Å². The zero-order chi connectivity index (χ0) is 22.5. The summed E-state index contributed by atoms with van der Waals surface area (Å²) in [7, 11) is 1.65. The molecular formula is C26H33N3O3. The third-order valence-corrected chi connectivity index (χ3v) is 6.73. The maximum absolute atomic E-state index is 13.5. The Labute approximate surface area is 190 Å². The SMILES string of the molecule is COc1ccc(CCN(CC2NC(=O)C3CCCCC3N2)C(=O)c2ccccc2C)cc1. The van der Waals surface area contributed by atoms with Gasteiger partial charge in [-0.05, 0) is 55.5 Å². The molecule has 2 N–H and O–H groups in total. The number of amides is 2. The van der Waals surface area contributed by atoms with E-state index in [1.54, 1.807) is 7.11 Å². The molecule has 1 aliphatic carbocycles. The molecule has 4 rings (SSSR count). The van der Waals surface area contributed by atoms with Gasteiger partial charge in [0.05, 0.1) is 25.7 Å². The number of nitrogens with one attached hydrogen (secondary N) is 2. The molecule has 1 heterocycles. The molecule has 6 heteroatoms. The number of hydrogen-bond acceptors (Lipinski definition) is 4. The van der Waals surface area contributed by atoms with Gasteiger partial charge in [0.25, 0.3) is 5.91 Å². The van der Waals surface area contributed by atoms with Crippen LogP contribution in [-0.2, 0) is 11.2 Å². The zero-order valence-corrected chi connectivity index (χ0v) is 19.0. The van der Waals surface area contributed by atoms with Crippen LogP contribution in [0.4, 0.5) is 0 Å². The van der Waals surface area contributed by atoms with E-state index in [0.29, 0.717) is 18.7 Å². The summed E-state index contributed by atoms with van der Waals surface area (Å²) in [5.74, 6) is 0.993. The summed E-state index contributed by atoms with van der Waals surface area (Å²) >= 11 is 0. The summed E-state index contributed by atoms with van der Waals surface area (Å²) < 4.78 is 5.24. The van der Waals surface area contributed by atoms with E-state index in [2.05, 4.69) is 10.6 Å². The van der Waals surface area contributed by atoms with Crippen LogP contribution in [0, 0.1) is 12.8 Å². The molecule has 0 aromatic heterocycles. The van der Waals surface area contributed by atoms with Crippen molar-refractivity contribution in [2.45, 2.75) is 51.2 Å². The van der Waals surface area contributed by atoms with Crippen LogP contribution in [0.3, 0.4) is 0 Å². The van der Waals surface area contributed by atoms with Crippen molar-refractivity contribution in [2.24, 2.45) is 5.92 Å². The number of nitrogens with zero attached hydrogens (tertiary/aromatic N) is 1. The predicted octanol–water partition coefficient (Wildman–Crippen LogP) is 3.29. The standard InChI is InChI=1S/C26H33N3O3/c1-18-7-3-4-8-21(18)26(31)29(16-15-19-11-13-20(32-2)14-12-19)17-24-27-23-10-6-5-9-22(23)25(30)28-24/h3-4,7-8,11-14,22-24,27H,5-6,9-10,15-17H2,1-2H3,(H,28,30). The van der Waals surface area contributed by atoms with E-state index in [1.165, 1.54) is 0 Å². The molecule has 1 saturated carbocycles. The average Bonchev–Trinajstić information content (AvgIpc) is 2.82. The average molecular weight is 436 g/mol. The first-order valence-electron chi connectivity index (χ1n) is 11.6. The molecule has 170 valence electrons. The smallest absolute Gasteiger partial charge is 0.254 e. The fraction of sp³-hybridized carbons (Fsp3) is 0.462. The molecule has 2 fully saturated rings. The Morgan fingerprint density at radius 3 is 2.59 bits per heavy atom. The highest BCUT2D eigenvalue weighted by atomic mass is 16.5. The van der Waals surface area contributed by atoms with E-state index < -0.39 is 0 Å². The van der Waals surface area contributed by atoms with Crippen molar-refractivity contribution in [3.63, 3.8) is 0 Å². The maximum atomic E-state index is 13.5. The molecule has 0 bridgehead atoms. The van der Waals surface area contributed by atoms with Crippen LogP contribution in [0.25, 0.3) is 0 Å². The Morgan fingerprint density at radius 2 is 1.84 bits per heavy atom. The summed E-state index contributed by atoms with van der Waals surface area (Å²) in [6.45, 7) is 2.97. The van der Waals surface area contributed by atoms with Gasteiger partial charge in [0, 0.05) is 18.2 Å². The quantitative estimate of drug-likeness (QED) is 0.700. The molecule has 1 aliphatic heterocycles. The minimum atomic E-state index is -0.231. The van der Waals surface area contributed by atoms with Crippen LogP contribution in [-0.4, -0.2) is 49.1 Å². The number of fused-ring (bicyclic) bond motifs is 1. The first-order chi connectivity index (χ1) is 15.5. The number of methoxy groups -OCH3 is 1. The molecule has 0 radical (unpaired) electrons. The van der Waals surface area contributed by atoms with Crippen LogP contribution in [0.1, 0.15) is 47.2 Å². The largest absolute Gasteiger partial charge is 0.497 e. The molecule has 3 atom stereocenters. The van der Waals surface area contributed by atoms with Crippen molar-refractivity contribution in [3.8, 4) is 5.75 Å². The lowest BCUT2D eigenvalue weighted by Crippen LogP contribution is -2.65. The van der Waals surface area contributed by atoms with Crippen molar-refractivity contribution in [2.75, 3.05) is 20.2 Å². The number of ether oxygens (including phenoxy) is 1. The fourth-order valence-corrected chi connectivity index (χ4v) is 4.86. The second-order valence-corrected chi connectivity index (χ2v) is 8.89. The van der Waals surface area contributed by atoms with Gasteiger partial charge in [0.15, 0.2) is 0 Å². The second-order valence-electron chi connectivity index (χ2n) is 8.89. The normalized spacial score (nSPS) is 22.6. The van der Waals surface area contributed by atoms with Crippen molar-refractivity contribution in [1.82, 2.24) is 15.5 Å². The minimum absolute atomic E-state index is 0.00146. The first-order valence-corrected chi connectivity index (χ1v) is 11.6. The van der Waals surface area contributed by atoms with Gasteiger partial charge in [-0.2, -0.15) is 0 Å². The fourth-order valence-electron chi connectivity index (χ4n) is 4.86. The number of benzene rings is 2. The highest BCUT2D eigenvalue weighted by molar-refractivity contribution is 5.95. The highest BCUT2D eigenvalue weighted by Gasteiger charge is 2.38. The Balaban J connectivity index is 1.49. The van der Waals surface area contributed by atoms with E-state index in [0.717, 1.165) is 49.0 Å². The van der Waals surface area contributed by atoms with Gasteiger partial charge >= 0.3 is 0 Å². The molecule has 2 aromatic carbocycles. The maximum Gasteiger partial charge on any atom is 0.254 e. The molecule has 2 aliphatic rings. The molecule has 1 saturated heterocycles. The monoisotopic (exact) mass is 435 g/mol. The Hall–Kier alpha value is -2.86. The van der Waals surface area contributed by atoms with Gasteiger partial charge < -0.3 is 15.0 Å². The van der Waals surface area contributed by atoms with Gasteiger partial charge in [-0.25, -0.2) is 0 Å². The van der Waals surface area contributed by atoms with E-state index in [4.69, 9.17) is 4.74 Å². The van der Waals surface area contributed by atoms with Gasteiger partial charge in [-0.15, -0.1) is 0 Å². The van der Waals surface area contributed by atoms with E-state index in [-0.39, 0.29) is 29.9 Å². The lowest BCUT2D eigenvalue weighted by atomic mass is 9.82. The molecule has 2 amide bonds. The lowest BCUT2D eigenvalue weighted by Gasteiger charge is -2.41. The predicted molar refractivity (Wildman–Crippen MR) is 125 cm³/mol. The summed E-state index contributed by atoms with van der Waals surface area (Å²) in [5.41, 5.74) is 2.81. The van der Waals surface area contributed by atoms with Crippen molar-refractivity contribution in [1.29, 1.82) is 0 Å². The minimum Gasteiger partial charge on any atom is -0.497 e. The number of aryl methyl sites for hydroxylation is 1. The number of carbonyl (C=O) groups is 2. The summed E-state index contributed by atoms with van der Waals surface area (Å²) in [5, 5.41) is 6.73. The summed E-state index contributed by atoms with van der Waals surface area (Å²) in [6, 6.07) is 15.8. The van der Waals surface area contributed by atoms with Crippen molar-refractivity contribution < 1.29 is 14.3 Å². The number of carbonyl (C=O) groups excluding carboxylic acids is 2. The molecule has 2 aromatic rings. The van der Waals surface area contributed by atoms with Gasteiger partial charge in [-0.3, -0.25) is 14.9 Å². The van der Waals surface area contributed by atoms with Crippen LogP contribution in [0.2, 0.25) is 0 Å². The van der Waals surface area contributed by atoms with Gasteiger partial charge in [-0.1, -0.05) is 43.2 Å². The third-order valence-electron chi connectivity index (χ3n) is 6.73. The van der Waals surface area contributed by atoms with E-state index in [9.17, 15) is 9.59 Å². The van der Waals surface area contributed by atoms with Crippen LogP contribution in [0.15, 0.2) is 48.5 Å². The third kappa shape index (κ3) is 5.13. The van der Waals surface area contributed by atoms with Crippen molar-refractivity contribution >= 4 is 11.8 Å². The molecule has 0 spiro atoms. The topological polar surface area (TPSA) is 70.7 Å². The second kappa shape index (κ2) is 10.2. The molecular weight excluding hydrogens is 402 g/mol. The molecule has 32 heavy (non-hydrogen) atoms. The Morgan fingerprint density at radius 1 is 1.09 bits per heavy atom. The summed E-state index contributed by atoms with van der Waals surface area (Å²) in [4.78, 5) is 28.0. The number of hydrogen-bond donors (Lipinski definition) is 2. The van der Waals surface area contributed by atoms with Crippen molar-refractivity contribution in [3.05, 3.63) is 65.2 Å². The Bertz CT molecular complexity index is 944. The zero-order valence-electron chi connectivity index (χ0n) is 19.0. The van der Waals surface area contributed by atoms with E-state index >= 15 is 0 Å².